The molecule has 1 atom stereocenters. The van der Waals surface area contributed by atoms with Crippen molar-refractivity contribution in [3.05, 3.63) is 53.8 Å². The molecular weight excluding hydrogens is 428 g/mol. The zero-order chi connectivity index (χ0) is 14.7. The van der Waals surface area contributed by atoms with Gasteiger partial charge in [0.1, 0.15) is 5.82 Å². The normalized spacial score (nSPS) is 12.7. The van der Waals surface area contributed by atoms with Crippen LogP contribution in [0, 0.1) is 5.82 Å². The van der Waals surface area contributed by atoms with Gasteiger partial charge in [-0.1, -0.05) is 18.5 Å². The molecule has 2 rings (SSSR count). The second kappa shape index (κ2) is 7.36. The Labute approximate surface area is 143 Å². The molecule has 0 fully saturated rings. The van der Waals surface area contributed by atoms with Crippen LogP contribution in [0.4, 0.5) is 4.39 Å². The highest BCUT2D eigenvalue weighted by atomic mass is 79.9. The third-order valence-electron chi connectivity index (χ3n) is 2.87. The summed E-state index contributed by atoms with van der Waals surface area (Å²) in [6.07, 6.45) is 0.980. The Bertz CT molecular complexity index is 603. The lowest BCUT2D eigenvalue weighted by Crippen LogP contribution is -2.23. The first-order chi connectivity index (χ1) is 9.52. The maximum absolute atomic E-state index is 14.3. The van der Waals surface area contributed by atoms with E-state index in [-0.39, 0.29) is 11.9 Å². The van der Waals surface area contributed by atoms with Crippen molar-refractivity contribution in [1.29, 1.82) is 0 Å². The quantitative estimate of drug-likeness (QED) is 0.549. The average molecular weight is 442 g/mol. The molecule has 0 aliphatic heterocycles. The Hall–Kier alpha value is 0.0600. The number of rotatable bonds is 5. The molecule has 108 valence electrons. The summed E-state index contributed by atoms with van der Waals surface area (Å²) in [6, 6.07) is 4.91. The number of thiophene rings is 1. The van der Waals surface area contributed by atoms with E-state index in [1.807, 2.05) is 11.4 Å². The fourth-order valence-electron chi connectivity index (χ4n) is 1.93. The van der Waals surface area contributed by atoms with Crippen LogP contribution in [0.1, 0.15) is 30.5 Å². The minimum Gasteiger partial charge on any atom is -0.306 e. The van der Waals surface area contributed by atoms with Crippen molar-refractivity contribution in [2.75, 3.05) is 6.54 Å². The Morgan fingerprint density at radius 3 is 2.70 bits per heavy atom. The zero-order valence-electron chi connectivity index (χ0n) is 10.7. The first-order valence-corrected chi connectivity index (χ1v) is 8.99. The van der Waals surface area contributed by atoms with E-state index in [2.05, 4.69) is 44.1 Å². The summed E-state index contributed by atoms with van der Waals surface area (Å²) >= 11 is 14.4. The van der Waals surface area contributed by atoms with E-state index in [0.29, 0.717) is 15.1 Å². The SMILES string of the molecule is CCCNC(c1csc(Br)c1)c1cc(Cl)c(Br)cc1F. The fourth-order valence-corrected chi connectivity index (χ4v) is 3.62. The van der Waals surface area contributed by atoms with Gasteiger partial charge in [0.2, 0.25) is 0 Å². The largest absolute Gasteiger partial charge is 0.306 e. The third kappa shape index (κ3) is 3.83. The van der Waals surface area contributed by atoms with Gasteiger partial charge < -0.3 is 5.32 Å². The Morgan fingerprint density at radius 1 is 1.35 bits per heavy atom. The van der Waals surface area contributed by atoms with Gasteiger partial charge in [-0.15, -0.1) is 11.3 Å². The van der Waals surface area contributed by atoms with Crippen molar-refractivity contribution in [3.8, 4) is 0 Å². The molecule has 0 aliphatic rings. The molecule has 0 amide bonds. The van der Waals surface area contributed by atoms with Crippen LogP contribution < -0.4 is 5.32 Å². The molecule has 0 saturated heterocycles. The Kier molecular flexibility index (Phi) is 6.05. The molecule has 2 aromatic rings. The van der Waals surface area contributed by atoms with Crippen LogP contribution in [0.2, 0.25) is 5.02 Å². The van der Waals surface area contributed by atoms with Gasteiger partial charge in [-0.05, 0) is 74.0 Å². The van der Waals surface area contributed by atoms with Crippen LogP contribution in [0.25, 0.3) is 0 Å². The lowest BCUT2D eigenvalue weighted by molar-refractivity contribution is 0.547. The van der Waals surface area contributed by atoms with Crippen molar-refractivity contribution >= 4 is 54.8 Å². The van der Waals surface area contributed by atoms with E-state index in [4.69, 9.17) is 11.6 Å². The highest BCUT2D eigenvalue weighted by Gasteiger charge is 2.20. The van der Waals surface area contributed by atoms with Gasteiger partial charge in [0.15, 0.2) is 0 Å². The molecule has 1 heterocycles. The predicted molar refractivity (Wildman–Crippen MR) is 91.3 cm³/mol. The monoisotopic (exact) mass is 439 g/mol. The number of benzene rings is 1. The van der Waals surface area contributed by atoms with Gasteiger partial charge in [0.25, 0.3) is 0 Å². The number of hydrogen-bond acceptors (Lipinski definition) is 2. The van der Waals surface area contributed by atoms with Crippen LogP contribution in [-0.2, 0) is 0 Å². The maximum Gasteiger partial charge on any atom is 0.129 e. The summed E-state index contributed by atoms with van der Waals surface area (Å²) in [7, 11) is 0. The predicted octanol–water partition coefficient (Wildman–Crippen LogP) is 6.15. The second-order valence-corrected chi connectivity index (χ2v) is 7.91. The highest BCUT2D eigenvalue weighted by Crippen LogP contribution is 2.34. The first-order valence-electron chi connectivity index (χ1n) is 6.14. The van der Waals surface area contributed by atoms with Crippen LogP contribution in [0.15, 0.2) is 31.8 Å². The smallest absolute Gasteiger partial charge is 0.129 e. The van der Waals surface area contributed by atoms with E-state index in [1.54, 1.807) is 17.4 Å². The van der Waals surface area contributed by atoms with E-state index in [0.717, 1.165) is 22.3 Å². The molecule has 0 radical (unpaired) electrons. The van der Waals surface area contributed by atoms with Gasteiger partial charge in [-0.2, -0.15) is 0 Å². The second-order valence-electron chi connectivity index (χ2n) is 4.36. The molecule has 1 unspecified atom stereocenters. The van der Waals surface area contributed by atoms with Crippen molar-refractivity contribution in [2.45, 2.75) is 19.4 Å². The molecule has 0 saturated carbocycles. The number of nitrogens with one attached hydrogen (secondary N) is 1. The summed E-state index contributed by atoms with van der Waals surface area (Å²) in [5.41, 5.74) is 1.60. The molecule has 0 bridgehead atoms. The Balaban J connectivity index is 2.43. The van der Waals surface area contributed by atoms with Crippen molar-refractivity contribution in [2.24, 2.45) is 0 Å². The minimum atomic E-state index is -0.266. The summed E-state index contributed by atoms with van der Waals surface area (Å²) in [6.45, 7) is 2.89. The van der Waals surface area contributed by atoms with Crippen LogP contribution in [0.5, 0.6) is 0 Å². The molecule has 1 aromatic heterocycles. The van der Waals surface area contributed by atoms with E-state index < -0.39 is 0 Å². The average Bonchev–Trinajstić information content (AvgIpc) is 2.82. The molecular formula is C14H13Br2ClFNS. The van der Waals surface area contributed by atoms with Crippen LogP contribution in [0.3, 0.4) is 0 Å². The molecule has 1 aromatic carbocycles. The lowest BCUT2D eigenvalue weighted by atomic mass is 10.0. The molecule has 1 nitrogen and oxygen atoms in total. The van der Waals surface area contributed by atoms with Gasteiger partial charge in [0.05, 0.1) is 14.9 Å². The van der Waals surface area contributed by atoms with Crippen molar-refractivity contribution in [1.82, 2.24) is 5.32 Å². The summed E-state index contributed by atoms with van der Waals surface area (Å²) in [5.74, 6) is -0.266. The number of hydrogen-bond donors (Lipinski definition) is 1. The van der Waals surface area contributed by atoms with Crippen LogP contribution in [-0.4, -0.2) is 6.54 Å². The molecule has 0 spiro atoms. The van der Waals surface area contributed by atoms with Gasteiger partial charge in [0, 0.05) is 10.0 Å². The molecule has 20 heavy (non-hydrogen) atoms. The topological polar surface area (TPSA) is 12.0 Å². The zero-order valence-corrected chi connectivity index (χ0v) is 15.5. The summed E-state index contributed by atoms with van der Waals surface area (Å²) in [4.78, 5) is 0. The summed E-state index contributed by atoms with van der Waals surface area (Å²) in [5, 5.41) is 5.91. The highest BCUT2D eigenvalue weighted by molar-refractivity contribution is 9.11. The molecule has 1 N–H and O–H groups in total. The Morgan fingerprint density at radius 2 is 2.10 bits per heavy atom. The van der Waals surface area contributed by atoms with E-state index in [1.165, 1.54) is 6.07 Å². The third-order valence-corrected chi connectivity index (χ3v) is 5.59. The first kappa shape index (κ1) is 16.4. The van der Waals surface area contributed by atoms with E-state index >= 15 is 0 Å². The number of halogens is 4. The van der Waals surface area contributed by atoms with Crippen molar-refractivity contribution in [3.63, 3.8) is 0 Å². The van der Waals surface area contributed by atoms with Gasteiger partial charge in [-0.25, -0.2) is 4.39 Å². The summed E-state index contributed by atoms with van der Waals surface area (Å²) < 4.78 is 15.9. The van der Waals surface area contributed by atoms with Gasteiger partial charge in [-0.3, -0.25) is 0 Å². The maximum atomic E-state index is 14.3. The van der Waals surface area contributed by atoms with Gasteiger partial charge >= 0.3 is 0 Å². The minimum absolute atomic E-state index is 0.192. The van der Waals surface area contributed by atoms with Crippen LogP contribution >= 0.6 is 54.8 Å². The molecule has 0 aliphatic carbocycles. The van der Waals surface area contributed by atoms with E-state index in [9.17, 15) is 4.39 Å². The lowest BCUT2D eigenvalue weighted by Gasteiger charge is -2.19. The standard InChI is InChI=1S/C14H13Br2ClFNS/c1-2-3-19-14(8-4-13(16)20-7-8)9-5-11(17)10(15)6-12(9)18/h4-7,14,19H,2-3H2,1H3. The molecule has 6 heteroatoms. The fraction of sp³-hybridized carbons (Fsp3) is 0.286. The van der Waals surface area contributed by atoms with Crippen molar-refractivity contribution < 1.29 is 4.39 Å².